The number of hydrogen-bond acceptors (Lipinski definition) is 5. The van der Waals surface area contributed by atoms with Crippen molar-refractivity contribution >= 4 is 38.7 Å². The van der Waals surface area contributed by atoms with Crippen molar-refractivity contribution in [2.45, 2.75) is 30.6 Å². The summed E-state index contributed by atoms with van der Waals surface area (Å²) in [7, 11) is -0.306. The maximum absolute atomic E-state index is 12.9. The van der Waals surface area contributed by atoms with Gasteiger partial charge in [-0.3, -0.25) is 0 Å². The van der Waals surface area contributed by atoms with Gasteiger partial charge in [0.2, 0.25) is 10.0 Å². The molecule has 1 aliphatic heterocycles. The highest BCUT2D eigenvalue weighted by molar-refractivity contribution is 7.89. The Morgan fingerprint density at radius 1 is 0.933 bits per heavy atom. The highest BCUT2D eigenvalue weighted by Crippen LogP contribution is 2.29. The molecule has 162 valence electrons. The predicted molar refractivity (Wildman–Crippen MR) is 123 cm³/mol. The number of anilines is 2. The van der Waals surface area contributed by atoms with Crippen molar-refractivity contribution in [1.82, 2.24) is 4.31 Å². The van der Waals surface area contributed by atoms with E-state index in [2.05, 4.69) is 10.6 Å². The number of thiocarbonyl (C=S) groups is 1. The maximum Gasteiger partial charge on any atom is 0.243 e. The van der Waals surface area contributed by atoms with E-state index in [-0.39, 0.29) is 0 Å². The number of ether oxygens (including phenoxy) is 2. The van der Waals surface area contributed by atoms with Gasteiger partial charge in [0.15, 0.2) is 5.11 Å². The summed E-state index contributed by atoms with van der Waals surface area (Å²) in [5, 5.41) is 6.49. The van der Waals surface area contributed by atoms with Crippen molar-refractivity contribution in [3.05, 3.63) is 42.5 Å². The smallest absolute Gasteiger partial charge is 0.243 e. The molecule has 7 nitrogen and oxygen atoms in total. The van der Waals surface area contributed by atoms with E-state index in [4.69, 9.17) is 21.7 Å². The average Bonchev–Trinajstić information content (AvgIpc) is 3.04. The predicted octanol–water partition coefficient (Wildman–Crippen LogP) is 4.08. The molecule has 0 aromatic heterocycles. The largest absolute Gasteiger partial charge is 0.497 e. The SMILES string of the molecule is COc1ccc(OC)c(NC(=S)Nc2ccc(S(=O)(=O)N3CCCCCC3)cc2)c1. The monoisotopic (exact) mass is 449 g/mol. The van der Waals surface area contributed by atoms with Gasteiger partial charge in [-0.05, 0) is 61.5 Å². The van der Waals surface area contributed by atoms with Crippen molar-refractivity contribution in [3.63, 3.8) is 0 Å². The number of benzene rings is 2. The van der Waals surface area contributed by atoms with E-state index in [1.165, 1.54) is 0 Å². The molecule has 1 heterocycles. The zero-order valence-electron chi connectivity index (χ0n) is 17.2. The minimum absolute atomic E-state index is 0.295. The molecule has 2 N–H and O–H groups in total. The Labute approximate surface area is 183 Å². The number of sulfonamides is 1. The van der Waals surface area contributed by atoms with E-state index in [0.717, 1.165) is 25.7 Å². The van der Waals surface area contributed by atoms with Crippen molar-refractivity contribution in [1.29, 1.82) is 0 Å². The van der Waals surface area contributed by atoms with Gasteiger partial charge in [0.1, 0.15) is 11.5 Å². The highest BCUT2D eigenvalue weighted by atomic mass is 32.2. The standard InChI is InChI=1S/C21H27N3O4S2/c1-27-17-9-12-20(28-2)19(15-17)23-21(29)22-16-7-10-18(11-8-16)30(25,26)24-13-5-3-4-6-14-24/h7-12,15H,3-6,13-14H2,1-2H3,(H2,22,23,29). The van der Waals surface area contributed by atoms with Gasteiger partial charge in [-0.1, -0.05) is 12.8 Å². The van der Waals surface area contributed by atoms with Crippen LogP contribution in [0, 0.1) is 0 Å². The summed E-state index contributed by atoms with van der Waals surface area (Å²) in [6.45, 7) is 1.16. The van der Waals surface area contributed by atoms with Crippen molar-refractivity contribution in [3.8, 4) is 11.5 Å². The molecule has 2 aromatic carbocycles. The second-order valence-electron chi connectivity index (χ2n) is 6.99. The summed E-state index contributed by atoms with van der Waals surface area (Å²) in [6, 6.07) is 12.0. The Balaban J connectivity index is 1.67. The van der Waals surface area contributed by atoms with E-state index in [9.17, 15) is 8.42 Å². The molecule has 0 saturated carbocycles. The first kappa shape index (κ1) is 22.3. The van der Waals surface area contributed by atoms with E-state index < -0.39 is 10.0 Å². The zero-order chi connectivity index (χ0) is 21.6. The molecule has 0 amide bonds. The minimum Gasteiger partial charge on any atom is -0.497 e. The quantitative estimate of drug-likeness (QED) is 0.643. The molecule has 1 aliphatic rings. The number of hydrogen-bond donors (Lipinski definition) is 2. The second kappa shape index (κ2) is 10.1. The molecule has 0 aliphatic carbocycles. The molecule has 3 rings (SSSR count). The Bertz CT molecular complexity index is 970. The Kier molecular flexibility index (Phi) is 7.52. The summed E-state index contributed by atoms with van der Waals surface area (Å²) >= 11 is 5.38. The average molecular weight is 450 g/mol. The fourth-order valence-electron chi connectivity index (χ4n) is 3.34. The van der Waals surface area contributed by atoms with Crippen LogP contribution in [0.4, 0.5) is 11.4 Å². The Morgan fingerprint density at radius 2 is 1.60 bits per heavy atom. The first-order chi connectivity index (χ1) is 14.4. The van der Waals surface area contributed by atoms with Crippen LogP contribution >= 0.6 is 12.2 Å². The van der Waals surface area contributed by atoms with Crippen LogP contribution in [0.2, 0.25) is 0 Å². The van der Waals surface area contributed by atoms with Gasteiger partial charge >= 0.3 is 0 Å². The van der Waals surface area contributed by atoms with E-state index in [0.29, 0.717) is 46.0 Å². The highest BCUT2D eigenvalue weighted by Gasteiger charge is 2.24. The molecule has 1 saturated heterocycles. The number of nitrogens with one attached hydrogen (secondary N) is 2. The Hall–Kier alpha value is -2.36. The van der Waals surface area contributed by atoms with Gasteiger partial charge in [0.25, 0.3) is 0 Å². The van der Waals surface area contributed by atoms with Gasteiger partial charge in [0, 0.05) is 24.8 Å². The number of nitrogens with zero attached hydrogens (tertiary/aromatic N) is 1. The van der Waals surface area contributed by atoms with Crippen LogP contribution in [0.15, 0.2) is 47.4 Å². The fourth-order valence-corrected chi connectivity index (χ4v) is 5.08. The van der Waals surface area contributed by atoms with E-state index in [1.54, 1.807) is 61.0 Å². The maximum atomic E-state index is 12.9. The van der Waals surface area contributed by atoms with Crippen LogP contribution in [0.25, 0.3) is 0 Å². The molecule has 0 unspecified atom stereocenters. The van der Waals surface area contributed by atoms with Crippen LogP contribution in [-0.2, 0) is 10.0 Å². The fraction of sp³-hybridized carbons (Fsp3) is 0.381. The lowest BCUT2D eigenvalue weighted by Crippen LogP contribution is -2.31. The van der Waals surface area contributed by atoms with Gasteiger partial charge in [-0.25, -0.2) is 8.42 Å². The lowest BCUT2D eigenvalue weighted by atomic mass is 10.2. The number of rotatable bonds is 6. The van der Waals surface area contributed by atoms with Crippen molar-refractivity contribution in [2.24, 2.45) is 0 Å². The molecule has 1 fully saturated rings. The van der Waals surface area contributed by atoms with Gasteiger partial charge in [-0.2, -0.15) is 4.31 Å². The van der Waals surface area contributed by atoms with Crippen molar-refractivity contribution < 1.29 is 17.9 Å². The van der Waals surface area contributed by atoms with Crippen LogP contribution in [0.5, 0.6) is 11.5 Å². The first-order valence-corrected chi connectivity index (χ1v) is 11.7. The van der Waals surface area contributed by atoms with Crippen molar-refractivity contribution in [2.75, 3.05) is 37.9 Å². The molecule has 0 spiro atoms. The Morgan fingerprint density at radius 3 is 2.20 bits per heavy atom. The summed E-state index contributed by atoms with van der Waals surface area (Å²) < 4.78 is 37.9. The molecule has 30 heavy (non-hydrogen) atoms. The zero-order valence-corrected chi connectivity index (χ0v) is 18.8. The number of methoxy groups -OCH3 is 2. The minimum atomic E-state index is -3.47. The third kappa shape index (κ3) is 5.41. The van der Waals surface area contributed by atoms with E-state index in [1.807, 2.05) is 0 Å². The van der Waals surface area contributed by atoms with Crippen LogP contribution in [-0.4, -0.2) is 45.1 Å². The normalized spacial score (nSPS) is 15.1. The summed E-state index contributed by atoms with van der Waals surface area (Å²) in [4.78, 5) is 0.295. The van der Waals surface area contributed by atoms with Crippen LogP contribution in [0.1, 0.15) is 25.7 Å². The molecule has 9 heteroatoms. The summed E-state index contributed by atoms with van der Waals surface area (Å²) in [5.74, 6) is 1.29. The summed E-state index contributed by atoms with van der Waals surface area (Å²) in [6.07, 6.45) is 3.98. The topological polar surface area (TPSA) is 79.9 Å². The van der Waals surface area contributed by atoms with Gasteiger partial charge < -0.3 is 20.1 Å². The molecule has 0 atom stereocenters. The lowest BCUT2D eigenvalue weighted by molar-refractivity contribution is 0.405. The van der Waals surface area contributed by atoms with Gasteiger partial charge in [0.05, 0.1) is 24.8 Å². The first-order valence-electron chi connectivity index (χ1n) is 9.84. The third-order valence-corrected chi connectivity index (χ3v) is 7.09. The van der Waals surface area contributed by atoms with Gasteiger partial charge in [-0.15, -0.1) is 0 Å². The molecule has 0 bridgehead atoms. The molecule has 0 radical (unpaired) electrons. The molecular formula is C21H27N3O4S2. The third-order valence-electron chi connectivity index (χ3n) is 4.97. The van der Waals surface area contributed by atoms with Crippen LogP contribution in [0.3, 0.4) is 0 Å². The second-order valence-corrected chi connectivity index (χ2v) is 9.33. The summed E-state index contributed by atoms with van der Waals surface area (Å²) in [5.41, 5.74) is 1.35. The van der Waals surface area contributed by atoms with E-state index >= 15 is 0 Å². The lowest BCUT2D eigenvalue weighted by Gasteiger charge is -2.20. The van der Waals surface area contributed by atoms with Crippen LogP contribution < -0.4 is 20.1 Å². The molecular weight excluding hydrogens is 422 g/mol. The molecule has 2 aromatic rings.